The molecule has 1 aliphatic rings. The van der Waals surface area contributed by atoms with Crippen molar-refractivity contribution in [3.05, 3.63) is 53.6 Å². The normalized spacial score (nSPS) is 14.9. The fourth-order valence-electron chi connectivity index (χ4n) is 4.42. The van der Waals surface area contributed by atoms with Gasteiger partial charge in [0.25, 0.3) is 5.91 Å². The van der Waals surface area contributed by atoms with Gasteiger partial charge in [0.05, 0.1) is 21.3 Å². The van der Waals surface area contributed by atoms with Crippen molar-refractivity contribution < 1.29 is 23.8 Å². The number of amides is 2. The van der Waals surface area contributed by atoms with Crippen LogP contribution in [0, 0.1) is 5.92 Å². The minimum atomic E-state index is -0.0725. The van der Waals surface area contributed by atoms with Gasteiger partial charge in [-0.25, -0.2) is 0 Å². The first-order valence-electron chi connectivity index (χ1n) is 11.9. The van der Waals surface area contributed by atoms with E-state index in [2.05, 4.69) is 24.4 Å². The molecular weight excluding hydrogens is 432 g/mol. The van der Waals surface area contributed by atoms with Crippen molar-refractivity contribution in [1.82, 2.24) is 10.2 Å². The second kappa shape index (κ2) is 12.3. The van der Waals surface area contributed by atoms with Gasteiger partial charge in [0.15, 0.2) is 11.5 Å². The molecule has 34 heavy (non-hydrogen) atoms. The van der Waals surface area contributed by atoms with Crippen molar-refractivity contribution in [3.8, 4) is 17.2 Å². The van der Waals surface area contributed by atoms with E-state index in [1.54, 1.807) is 12.1 Å². The third-order valence-electron chi connectivity index (χ3n) is 6.40. The lowest BCUT2D eigenvalue weighted by molar-refractivity contribution is -0.122. The van der Waals surface area contributed by atoms with Gasteiger partial charge in [-0.3, -0.25) is 9.59 Å². The molecule has 0 unspecified atom stereocenters. The van der Waals surface area contributed by atoms with Gasteiger partial charge in [-0.2, -0.15) is 0 Å². The molecule has 1 fully saturated rings. The predicted octanol–water partition coefficient (Wildman–Crippen LogP) is 4.09. The number of carbonyl (C=O) groups is 2. The number of ether oxygens (including phenoxy) is 3. The first-order chi connectivity index (χ1) is 16.4. The highest BCUT2D eigenvalue weighted by Gasteiger charge is 2.27. The van der Waals surface area contributed by atoms with Crippen LogP contribution < -0.4 is 19.5 Å². The Morgan fingerprint density at radius 2 is 1.62 bits per heavy atom. The molecule has 1 heterocycles. The molecule has 0 radical (unpaired) electrons. The van der Waals surface area contributed by atoms with Crippen LogP contribution >= 0.6 is 0 Å². The number of hydrogen-bond acceptors (Lipinski definition) is 5. The highest BCUT2D eigenvalue weighted by Crippen LogP contribution is 2.38. The zero-order valence-electron chi connectivity index (χ0n) is 20.6. The second-order valence-electron chi connectivity index (χ2n) is 8.85. The molecule has 2 amide bonds. The maximum absolute atomic E-state index is 13.1. The summed E-state index contributed by atoms with van der Waals surface area (Å²) in [6, 6.07) is 13.8. The first-order valence-corrected chi connectivity index (χ1v) is 11.9. The fraction of sp³-hybridized carbons (Fsp3) is 0.481. The molecule has 0 saturated carbocycles. The third kappa shape index (κ3) is 6.65. The van der Waals surface area contributed by atoms with Crippen molar-refractivity contribution in [1.29, 1.82) is 0 Å². The van der Waals surface area contributed by atoms with Crippen molar-refractivity contribution in [2.75, 3.05) is 34.4 Å². The van der Waals surface area contributed by atoms with Crippen LogP contribution in [0.5, 0.6) is 17.2 Å². The van der Waals surface area contributed by atoms with E-state index in [4.69, 9.17) is 14.2 Å². The van der Waals surface area contributed by atoms with Gasteiger partial charge >= 0.3 is 0 Å². The Morgan fingerprint density at radius 1 is 1.00 bits per heavy atom. The summed E-state index contributed by atoms with van der Waals surface area (Å²) in [7, 11) is 4.60. The van der Waals surface area contributed by atoms with E-state index in [0.717, 1.165) is 25.7 Å². The maximum atomic E-state index is 13.1. The molecule has 7 heteroatoms. The highest BCUT2D eigenvalue weighted by molar-refractivity contribution is 5.95. The predicted molar refractivity (Wildman–Crippen MR) is 132 cm³/mol. The van der Waals surface area contributed by atoms with E-state index < -0.39 is 0 Å². The summed E-state index contributed by atoms with van der Waals surface area (Å²) in [5.41, 5.74) is 1.78. The molecule has 184 valence electrons. The summed E-state index contributed by atoms with van der Waals surface area (Å²) in [6.07, 6.45) is 3.98. The lowest BCUT2D eigenvalue weighted by atomic mass is 9.92. The Labute approximate surface area is 202 Å². The lowest BCUT2D eigenvalue weighted by Gasteiger charge is -2.32. The summed E-state index contributed by atoms with van der Waals surface area (Å²) >= 11 is 0. The molecule has 0 spiro atoms. The van der Waals surface area contributed by atoms with E-state index in [1.165, 1.54) is 26.9 Å². The number of piperidine rings is 1. The average Bonchev–Trinajstić information content (AvgIpc) is 2.87. The average molecular weight is 469 g/mol. The summed E-state index contributed by atoms with van der Waals surface area (Å²) in [5.74, 6) is 1.68. The molecule has 0 aliphatic carbocycles. The second-order valence-corrected chi connectivity index (χ2v) is 8.85. The number of benzene rings is 2. The number of rotatable bonds is 10. The largest absolute Gasteiger partial charge is 0.493 e. The Hall–Kier alpha value is -3.22. The number of hydrogen-bond donors (Lipinski definition) is 1. The molecule has 3 rings (SSSR count). The van der Waals surface area contributed by atoms with Crippen molar-refractivity contribution in [2.24, 2.45) is 5.92 Å². The summed E-state index contributed by atoms with van der Waals surface area (Å²) in [5, 5.41) is 3.13. The zero-order valence-corrected chi connectivity index (χ0v) is 20.6. The fourth-order valence-corrected chi connectivity index (χ4v) is 4.42. The molecule has 1 N–H and O–H groups in total. The van der Waals surface area contributed by atoms with Gasteiger partial charge < -0.3 is 24.4 Å². The molecule has 2 aromatic carbocycles. The van der Waals surface area contributed by atoms with Crippen LogP contribution in [0.1, 0.15) is 48.5 Å². The smallest absolute Gasteiger partial charge is 0.254 e. The van der Waals surface area contributed by atoms with Gasteiger partial charge in [0.1, 0.15) is 0 Å². The minimum Gasteiger partial charge on any atom is -0.493 e. The van der Waals surface area contributed by atoms with Crippen LogP contribution in [-0.4, -0.2) is 57.2 Å². The number of nitrogens with one attached hydrogen (secondary N) is 1. The highest BCUT2D eigenvalue weighted by atomic mass is 16.5. The van der Waals surface area contributed by atoms with Gasteiger partial charge in [0, 0.05) is 31.1 Å². The third-order valence-corrected chi connectivity index (χ3v) is 6.40. The molecule has 0 bridgehead atoms. The van der Waals surface area contributed by atoms with Gasteiger partial charge in [-0.05, 0) is 56.2 Å². The zero-order chi connectivity index (χ0) is 24.5. The van der Waals surface area contributed by atoms with Crippen LogP contribution in [0.25, 0.3) is 0 Å². The summed E-state index contributed by atoms with van der Waals surface area (Å²) in [6.45, 7) is 3.30. The van der Waals surface area contributed by atoms with E-state index in [-0.39, 0.29) is 23.8 Å². The molecular formula is C27H36N2O5. The van der Waals surface area contributed by atoms with Gasteiger partial charge in [0.2, 0.25) is 11.7 Å². The van der Waals surface area contributed by atoms with Crippen LogP contribution in [-0.2, 0) is 11.2 Å². The van der Waals surface area contributed by atoms with Crippen molar-refractivity contribution in [2.45, 2.75) is 45.1 Å². The monoisotopic (exact) mass is 468 g/mol. The number of aryl methyl sites for hydroxylation is 1. The van der Waals surface area contributed by atoms with Gasteiger partial charge in [-0.1, -0.05) is 30.3 Å². The number of carbonyl (C=O) groups excluding carboxylic acids is 2. The van der Waals surface area contributed by atoms with E-state index >= 15 is 0 Å². The lowest BCUT2D eigenvalue weighted by Crippen LogP contribution is -2.40. The Balaban J connectivity index is 1.47. The maximum Gasteiger partial charge on any atom is 0.254 e. The molecule has 2 aromatic rings. The van der Waals surface area contributed by atoms with Crippen LogP contribution in [0.3, 0.4) is 0 Å². The quantitative estimate of drug-likeness (QED) is 0.568. The van der Waals surface area contributed by atoms with Crippen LogP contribution in [0.15, 0.2) is 42.5 Å². The van der Waals surface area contributed by atoms with Crippen molar-refractivity contribution in [3.63, 3.8) is 0 Å². The van der Waals surface area contributed by atoms with E-state index in [9.17, 15) is 9.59 Å². The number of likely N-dealkylation sites (tertiary alicyclic amines) is 1. The molecule has 1 aliphatic heterocycles. The molecule has 7 nitrogen and oxygen atoms in total. The summed E-state index contributed by atoms with van der Waals surface area (Å²) < 4.78 is 16.1. The topological polar surface area (TPSA) is 77.1 Å². The van der Waals surface area contributed by atoms with Gasteiger partial charge in [-0.15, -0.1) is 0 Å². The van der Waals surface area contributed by atoms with Crippen molar-refractivity contribution >= 4 is 11.8 Å². The standard InChI is InChI=1S/C27H36N2O5/c1-19(10-11-20-8-6-5-7-9-20)28-25(30)16-21-12-14-29(15-13-21)27(31)22-17-23(32-2)26(34-4)24(18-22)33-3/h5-9,17-19,21H,10-16H2,1-4H3,(H,28,30)/t19-/m0/s1. The minimum absolute atomic E-state index is 0.0725. The Bertz CT molecular complexity index is 930. The Morgan fingerprint density at radius 3 is 2.18 bits per heavy atom. The SMILES string of the molecule is COc1cc(C(=O)N2CCC(CC(=O)N[C@@H](C)CCc3ccccc3)CC2)cc(OC)c1OC. The molecule has 1 atom stereocenters. The molecule has 1 saturated heterocycles. The first kappa shape index (κ1) is 25.4. The van der Waals surface area contributed by atoms with E-state index in [1.807, 2.05) is 23.1 Å². The number of methoxy groups -OCH3 is 3. The Kier molecular flexibility index (Phi) is 9.19. The van der Waals surface area contributed by atoms with E-state index in [0.29, 0.717) is 42.3 Å². The molecule has 0 aromatic heterocycles. The summed E-state index contributed by atoms with van der Waals surface area (Å²) in [4.78, 5) is 27.5. The number of nitrogens with zero attached hydrogens (tertiary/aromatic N) is 1. The van der Waals surface area contributed by atoms with Crippen LogP contribution in [0.2, 0.25) is 0 Å². The van der Waals surface area contributed by atoms with Crippen LogP contribution in [0.4, 0.5) is 0 Å².